The molecule has 5 nitrogen and oxygen atoms in total. The fourth-order valence-corrected chi connectivity index (χ4v) is 2.34. The number of hydrogen-bond donors (Lipinski definition) is 2. The van der Waals surface area contributed by atoms with E-state index >= 15 is 0 Å². The van der Waals surface area contributed by atoms with Gasteiger partial charge in [0.15, 0.2) is 0 Å². The first-order chi connectivity index (χ1) is 11.5. The highest BCUT2D eigenvalue weighted by Gasteiger charge is 2.20. The van der Waals surface area contributed by atoms with Crippen molar-refractivity contribution in [3.05, 3.63) is 35.4 Å². The van der Waals surface area contributed by atoms with E-state index in [0.29, 0.717) is 13.2 Å². The minimum absolute atomic E-state index is 0.0524. The van der Waals surface area contributed by atoms with Crippen molar-refractivity contribution in [3.8, 4) is 0 Å². The van der Waals surface area contributed by atoms with E-state index in [9.17, 15) is 4.79 Å². The van der Waals surface area contributed by atoms with Gasteiger partial charge in [0.05, 0.1) is 6.61 Å². The number of carbonyl (C=O) groups is 1. The predicted molar refractivity (Wildman–Crippen MR) is 102 cm³/mol. The molecule has 5 heteroatoms. The van der Waals surface area contributed by atoms with Gasteiger partial charge in [-0.25, -0.2) is 4.79 Å². The van der Waals surface area contributed by atoms with Crippen LogP contribution in [0.3, 0.4) is 0 Å². The molecular weight excluding hydrogens is 318 g/mol. The number of ether oxygens (including phenoxy) is 2. The lowest BCUT2D eigenvalue weighted by atomic mass is 9.85. The third-order valence-corrected chi connectivity index (χ3v) is 3.14. The van der Waals surface area contributed by atoms with Crippen LogP contribution >= 0.6 is 0 Å². The normalized spacial score (nSPS) is 11.4. The molecule has 1 amide bonds. The van der Waals surface area contributed by atoms with Crippen LogP contribution in [-0.4, -0.2) is 37.1 Å². The van der Waals surface area contributed by atoms with Crippen LogP contribution in [0.4, 0.5) is 4.79 Å². The molecule has 0 aromatic heterocycles. The van der Waals surface area contributed by atoms with Crippen molar-refractivity contribution < 1.29 is 19.4 Å². The molecule has 0 aliphatic rings. The lowest BCUT2D eigenvalue weighted by molar-refractivity contribution is 0.0523. The Morgan fingerprint density at radius 1 is 1.12 bits per heavy atom. The van der Waals surface area contributed by atoms with Gasteiger partial charge < -0.3 is 19.9 Å². The molecule has 0 saturated heterocycles. The van der Waals surface area contributed by atoms with Crippen LogP contribution in [0.25, 0.3) is 0 Å². The molecule has 144 valence electrons. The Balaban J connectivity index is 0.00000178. The number of aliphatic hydroxyl groups is 1. The molecule has 1 rings (SSSR count). The van der Waals surface area contributed by atoms with Crippen molar-refractivity contribution in [3.63, 3.8) is 0 Å². The Morgan fingerprint density at radius 3 is 2.12 bits per heavy atom. The monoisotopic (exact) mass is 353 g/mol. The smallest absolute Gasteiger partial charge is 0.407 e. The molecule has 0 atom stereocenters. The molecule has 0 aliphatic carbocycles. The van der Waals surface area contributed by atoms with Crippen LogP contribution in [0, 0.1) is 5.41 Å². The third-order valence-electron chi connectivity index (χ3n) is 3.14. The summed E-state index contributed by atoms with van der Waals surface area (Å²) in [5.74, 6) is 0. The highest BCUT2D eigenvalue weighted by molar-refractivity contribution is 5.67. The van der Waals surface area contributed by atoms with Gasteiger partial charge in [0.25, 0.3) is 0 Å². The maximum absolute atomic E-state index is 11.8. The van der Waals surface area contributed by atoms with Gasteiger partial charge in [-0.05, 0) is 50.7 Å². The summed E-state index contributed by atoms with van der Waals surface area (Å²) in [5.41, 5.74) is 1.90. The van der Waals surface area contributed by atoms with E-state index in [-0.39, 0.29) is 12.0 Å². The fourth-order valence-electron chi connectivity index (χ4n) is 2.34. The zero-order chi connectivity index (χ0) is 19.5. The molecule has 25 heavy (non-hydrogen) atoms. The van der Waals surface area contributed by atoms with Crippen LogP contribution in [0.5, 0.6) is 0 Å². The molecule has 1 aromatic rings. The maximum atomic E-state index is 11.8. The van der Waals surface area contributed by atoms with Gasteiger partial charge in [0.2, 0.25) is 0 Å². The number of aliphatic hydroxyl groups excluding tert-OH is 1. The molecular formula is C20H35NO4. The van der Waals surface area contributed by atoms with Gasteiger partial charge in [0.1, 0.15) is 5.60 Å². The molecule has 0 bridgehead atoms. The molecule has 1 aromatic carbocycles. The van der Waals surface area contributed by atoms with E-state index in [1.807, 2.05) is 39.0 Å². The lowest BCUT2D eigenvalue weighted by Gasteiger charge is -2.25. The van der Waals surface area contributed by atoms with Gasteiger partial charge in [-0.2, -0.15) is 0 Å². The quantitative estimate of drug-likeness (QED) is 0.813. The van der Waals surface area contributed by atoms with Crippen LogP contribution in [0.1, 0.15) is 52.7 Å². The topological polar surface area (TPSA) is 67.8 Å². The second-order valence-electron chi connectivity index (χ2n) is 7.71. The summed E-state index contributed by atoms with van der Waals surface area (Å²) in [7, 11) is 1.72. The van der Waals surface area contributed by atoms with E-state index in [4.69, 9.17) is 14.6 Å². The Labute approximate surface area is 152 Å². The standard InChI is InChI=1S/C18H29NO3.C2H6O/c1-17(2,3)22-16(20)19-12-15-10-8-7-9-14(15)11-18(4,5)13-21-6;1-2-3/h7-10H,11-13H2,1-6H3,(H,19,20);3H,2H2,1H3. The van der Waals surface area contributed by atoms with E-state index < -0.39 is 11.7 Å². The van der Waals surface area contributed by atoms with Crippen molar-refractivity contribution in [2.75, 3.05) is 20.3 Å². The summed E-state index contributed by atoms with van der Waals surface area (Å²) < 4.78 is 10.6. The molecule has 0 aliphatic heterocycles. The highest BCUT2D eigenvalue weighted by atomic mass is 16.6. The largest absolute Gasteiger partial charge is 0.444 e. The van der Waals surface area contributed by atoms with Crippen molar-refractivity contribution in [2.45, 2.75) is 60.1 Å². The Morgan fingerprint density at radius 2 is 1.64 bits per heavy atom. The minimum atomic E-state index is -0.482. The SMILES string of the molecule is CCO.COCC(C)(C)Cc1ccccc1CNC(=O)OC(C)(C)C. The van der Waals surface area contributed by atoms with Crippen molar-refractivity contribution in [1.82, 2.24) is 5.32 Å². The third kappa shape index (κ3) is 11.6. The Hall–Kier alpha value is -1.59. The van der Waals surface area contributed by atoms with Gasteiger partial charge in [0, 0.05) is 20.3 Å². The molecule has 0 heterocycles. The van der Waals surface area contributed by atoms with E-state index in [0.717, 1.165) is 12.0 Å². The molecule has 2 N–H and O–H groups in total. The number of rotatable bonds is 6. The molecule has 0 spiro atoms. The number of nitrogens with one attached hydrogen (secondary N) is 1. The summed E-state index contributed by atoms with van der Waals surface area (Å²) in [6.45, 7) is 13.0. The maximum Gasteiger partial charge on any atom is 0.407 e. The Kier molecular flexibility index (Phi) is 10.4. The molecule has 0 fully saturated rings. The highest BCUT2D eigenvalue weighted by Crippen LogP contribution is 2.24. The number of alkyl carbamates (subject to hydrolysis) is 1. The predicted octanol–water partition coefficient (Wildman–Crippen LogP) is 3.93. The zero-order valence-corrected chi connectivity index (χ0v) is 16.8. The van der Waals surface area contributed by atoms with Crippen molar-refractivity contribution in [2.24, 2.45) is 5.41 Å². The van der Waals surface area contributed by atoms with Crippen molar-refractivity contribution >= 4 is 6.09 Å². The van der Waals surface area contributed by atoms with Gasteiger partial charge >= 0.3 is 6.09 Å². The summed E-state index contributed by atoms with van der Waals surface area (Å²) >= 11 is 0. The van der Waals surface area contributed by atoms with Gasteiger partial charge in [-0.15, -0.1) is 0 Å². The lowest BCUT2D eigenvalue weighted by Crippen LogP contribution is -2.32. The first-order valence-electron chi connectivity index (χ1n) is 8.68. The number of carbonyl (C=O) groups excluding carboxylic acids is 1. The number of amides is 1. The average Bonchev–Trinajstić information content (AvgIpc) is 2.45. The van der Waals surface area contributed by atoms with Crippen molar-refractivity contribution in [1.29, 1.82) is 0 Å². The number of hydrogen-bond acceptors (Lipinski definition) is 4. The van der Waals surface area contributed by atoms with Gasteiger partial charge in [-0.3, -0.25) is 0 Å². The Bertz CT molecular complexity index is 507. The van der Waals surface area contributed by atoms with Gasteiger partial charge in [-0.1, -0.05) is 38.1 Å². The second kappa shape index (κ2) is 11.1. The van der Waals surface area contributed by atoms with Crippen LogP contribution < -0.4 is 5.32 Å². The molecule has 0 saturated carbocycles. The minimum Gasteiger partial charge on any atom is -0.444 e. The average molecular weight is 354 g/mol. The van der Waals surface area contributed by atoms with Crippen LogP contribution in [0.2, 0.25) is 0 Å². The summed E-state index contributed by atoms with van der Waals surface area (Å²) in [6.07, 6.45) is 0.506. The number of benzene rings is 1. The first kappa shape index (κ1) is 23.4. The van der Waals surface area contributed by atoms with E-state index in [2.05, 4.69) is 25.2 Å². The zero-order valence-electron chi connectivity index (χ0n) is 16.8. The fraction of sp³-hybridized carbons (Fsp3) is 0.650. The summed E-state index contributed by atoms with van der Waals surface area (Å²) in [6, 6.07) is 8.15. The van der Waals surface area contributed by atoms with Crippen LogP contribution in [-0.2, 0) is 22.4 Å². The summed E-state index contributed by atoms with van der Waals surface area (Å²) in [4.78, 5) is 11.8. The van der Waals surface area contributed by atoms with E-state index in [1.54, 1.807) is 14.0 Å². The van der Waals surface area contributed by atoms with Crippen LogP contribution in [0.15, 0.2) is 24.3 Å². The molecule has 0 radical (unpaired) electrons. The first-order valence-corrected chi connectivity index (χ1v) is 8.68. The molecule has 0 unspecified atom stereocenters. The number of methoxy groups -OCH3 is 1. The van der Waals surface area contributed by atoms with E-state index in [1.165, 1.54) is 5.56 Å². The second-order valence-corrected chi connectivity index (χ2v) is 7.71. The summed E-state index contributed by atoms with van der Waals surface area (Å²) in [5, 5.41) is 10.4.